The number of amides is 1. The third-order valence-electron chi connectivity index (χ3n) is 5.59. The van der Waals surface area contributed by atoms with Gasteiger partial charge in [0.2, 0.25) is 15.9 Å². The number of hydrogen-bond donors (Lipinski definition) is 1. The SMILES string of the molecule is CCCCOC(=O)c1ccc(NC(=O)CN(Cc2ccccc2)S(=O)(=O)c2cc(C)ccc2OC)cc1. The number of hydrogen-bond acceptors (Lipinski definition) is 6. The van der Waals surface area contributed by atoms with Crippen LogP contribution in [0.2, 0.25) is 0 Å². The summed E-state index contributed by atoms with van der Waals surface area (Å²) in [6, 6.07) is 20.2. The number of ether oxygens (including phenoxy) is 2. The first-order valence-electron chi connectivity index (χ1n) is 12.0. The van der Waals surface area contributed by atoms with E-state index >= 15 is 0 Å². The van der Waals surface area contributed by atoms with Gasteiger partial charge in [-0.15, -0.1) is 0 Å². The monoisotopic (exact) mass is 524 g/mol. The first-order valence-corrected chi connectivity index (χ1v) is 13.4. The maximum atomic E-state index is 13.7. The molecule has 0 spiro atoms. The summed E-state index contributed by atoms with van der Waals surface area (Å²) < 4.78 is 39.0. The van der Waals surface area contributed by atoms with Gasteiger partial charge in [-0.2, -0.15) is 4.31 Å². The molecule has 3 aromatic carbocycles. The van der Waals surface area contributed by atoms with Gasteiger partial charge in [0.25, 0.3) is 0 Å². The van der Waals surface area contributed by atoms with Crippen molar-refractivity contribution in [2.45, 2.75) is 38.1 Å². The minimum absolute atomic E-state index is 0.00374. The molecule has 0 bridgehead atoms. The average Bonchev–Trinajstić information content (AvgIpc) is 2.89. The lowest BCUT2D eigenvalue weighted by molar-refractivity contribution is -0.116. The zero-order valence-corrected chi connectivity index (χ0v) is 22.1. The van der Waals surface area contributed by atoms with Gasteiger partial charge in [0.15, 0.2) is 0 Å². The van der Waals surface area contributed by atoms with Gasteiger partial charge < -0.3 is 14.8 Å². The van der Waals surface area contributed by atoms with E-state index in [4.69, 9.17) is 9.47 Å². The lowest BCUT2D eigenvalue weighted by atomic mass is 10.2. The first-order chi connectivity index (χ1) is 17.7. The molecule has 0 aliphatic carbocycles. The minimum Gasteiger partial charge on any atom is -0.495 e. The molecular weight excluding hydrogens is 492 g/mol. The Morgan fingerprint density at radius 3 is 2.32 bits per heavy atom. The van der Waals surface area contributed by atoms with Crippen LogP contribution in [-0.2, 0) is 26.1 Å². The Morgan fingerprint density at radius 2 is 1.68 bits per heavy atom. The number of sulfonamides is 1. The molecular formula is C28H32N2O6S. The molecule has 0 heterocycles. The van der Waals surface area contributed by atoms with Gasteiger partial charge in [0.1, 0.15) is 10.6 Å². The van der Waals surface area contributed by atoms with Crippen molar-refractivity contribution in [3.05, 3.63) is 89.5 Å². The maximum Gasteiger partial charge on any atom is 0.338 e. The number of aryl methyl sites for hydroxylation is 1. The molecule has 0 unspecified atom stereocenters. The second kappa shape index (κ2) is 13.0. The standard InChI is InChI=1S/C28H32N2O6S/c1-4-5-17-36-28(32)23-12-14-24(15-13-23)29-27(31)20-30(19-22-9-7-6-8-10-22)37(33,34)26-18-21(2)11-16-25(26)35-3/h6-16,18H,4-5,17,19-20H2,1-3H3,(H,29,31). The highest BCUT2D eigenvalue weighted by molar-refractivity contribution is 7.89. The lowest BCUT2D eigenvalue weighted by Gasteiger charge is -2.23. The third-order valence-corrected chi connectivity index (χ3v) is 7.41. The molecule has 0 radical (unpaired) electrons. The van der Waals surface area contributed by atoms with Gasteiger partial charge in [-0.05, 0) is 60.9 Å². The largest absolute Gasteiger partial charge is 0.495 e. The summed E-state index contributed by atoms with van der Waals surface area (Å²) in [7, 11) is -2.69. The Hall–Kier alpha value is -3.69. The van der Waals surface area contributed by atoms with Gasteiger partial charge in [-0.3, -0.25) is 4.79 Å². The van der Waals surface area contributed by atoms with Crippen molar-refractivity contribution in [1.29, 1.82) is 0 Å². The normalized spacial score (nSPS) is 11.2. The summed E-state index contributed by atoms with van der Waals surface area (Å²) in [6.07, 6.45) is 1.71. The second-order valence-electron chi connectivity index (χ2n) is 8.53. The lowest BCUT2D eigenvalue weighted by Crippen LogP contribution is -2.37. The van der Waals surface area contributed by atoms with E-state index in [0.717, 1.165) is 28.3 Å². The number of carbonyl (C=O) groups excluding carboxylic acids is 2. The van der Waals surface area contributed by atoms with Gasteiger partial charge in [-0.1, -0.05) is 49.7 Å². The predicted molar refractivity (Wildman–Crippen MR) is 142 cm³/mol. The van der Waals surface area contributed by atoms with Crippen LogP contribution in [0.1, 0.15) is 41.3 Å². The van der Waals surface area contributed by atoms with E-state index in [2.05, 4.69) is 5.32 Å². The molecule has 1 amide bonds. The van der Waals surface area contributed by atoms with E-state index in [1.54, 1.807) is 55.5 Å². The summed E-state index contributed by atoms with van der Waals surface area (Å²) in [4.78, 5) is 25.1. The van der Waals surface area contributed by atoms with E-state index in [1.165, 1.54) is 13.2 Å². The van der Waals surface area contributed by atoms with Crippen LogP contribution in [0.25, 0.3) is 0 Å². The van der Waals surface area contributed by atoms with Crippen molar-refractivity contribution < 1.29 is 27.5 Å². The average molecular weight is 525 g/mol. The first kappa shape index (κ1) is 27.9. The van der Waals surface area contributed by atoms with E-state index in [1.807, 2.05) is 25.1 Å². The van der Waals surface area contributed by atoms with Crippen LogP contribution in [0.4, 0.5) is 5.69 Å². The molecule has 3 rings (SSSR count). The van der Waals surface area contributed by atoms with Crippen molar-refractivity contribution in [1.82, 2.24) is 4.31 Å². The summed E-state index contributed by atoms with van der Waals surface area (Å²) >= 11 is 0. The molecule has 0 fully saturated rings. The summed E-state index contributed by atoms with van der Waals surface area (Å²) in [5.41, 5.74) is 2.28. The number of methoxy groups -OCH3 is 1. The predicted octanol–water partition coefficient (Wildman–Crippen LogP) is 4.79. The topological polar surface area (TPSA) is 102 Å². The number of benzene rings is 3. The quantitative estimate of drug-likeness (QED) is 0.270. The van der Waals surface area contributed by atoms with E-state index < -0.39 is 28.4 Å². The molecule has 8 nitrogen and oxygen atoms in total. The molecule has 0 aliphatic heterocycles. The molecule has 9 heteroatoms. The van der Waals surface area contributed by atoms with Crippen LogP contribution < -0.4 is 10.1 Å². The molecule has 0 aliphatic rings. The molecule has 3 aromatic rings. The fourth-order valence-electron chi connectivity index (χ4n) is 3.58. The van der Waals surface area contributed by atoms with Crippen molar-refractivity contribution >= 4 is 27.6 Å². The van der Waals surface area contributed by atoms with Crippen LogP contribution in [0.5, 0.6) is 5.75 Å². The van der Waals surface area contributed by atoms with Gasteiger partial charge in [0, 0.05) is 12.2 Å². The van der Waals surface area contributed by atoms with Crippen molar-refractivity contribution in [3.63, 3.8) is 0 Å². The van der Waals surface area contributed by atoms with Crippen molar-refractivity contribution in [2.24, 2.45) is 0 Å². The fraction of sp³-hybridized carbons (Fsp3) is 0.286. The Labute approximate surface area is 218 Å². The highest BCUT2D eigenvalue weighted by Crippen LogP contribution is 2.29. The Bertz CT molecular complexity index is 1310. The number of nitrogens with one attached hydrogen (secondary N) is 1. The number of esters is 1. The highest BCUT2D eigenvalue weighted by atomic mass is 32.2. The zero-order valence-electron chi connectivity index (χ0n) is 21.3. The molecule has 0 saturated heterocycles. The molecule has 37 heavy (non-hydrogen) atoms. The smallest absolute Gasteiger partial charge is 0.338 e. The Kier molecular flexibility index (Phi) is 9.82. The number of anilines is 1. The number of unbranched alkanes of at least 4 members (excludes halogenated alkanes) is 1. The second-order valence-corrected chi connectivity index (χ2v) is 10.4. The Balaban J connectivity index is 1.80. The molecule has 196 valence electrons. The zero-order chi connectivity index (χ0) is 26.8. The number of carbonyl (C=O) groups is 2. The van der Waals surface area contributed by atoms with Gasteiger partial charge >= 0.3 is 5.97 Å². The summed E-state index contributed by atoms with van der Waals surface area (Å²) in [6.45, 7) is 3.72. The van der Waals surface area contributed by atoms with E-state index in [0.29, 0.717) is 17.9 Å². The summed E-state index contributed by atoms with van der Waals surface area (Å²) in [5.74, 6) is -0.756. The number of rotatable bonds is 12. The number of nitrogens with zero attached hydrogens (tertiary/aromatic N) is 1. The maximum absolute atomic E-state index is 13.7. The molecule has 0 saturated carbocycles. The molecule has 0 aromatic heterocycles. The third kappa shape index (κ3) is 7.65. The fourth-order valence-corrected chi connectivity index (χ4v) is 5.21. The Morgan fingerprint density at radius 1 is 0.973 bits per heavy atom. The van der Waals surface area contributed by atoms with E-state index in [-0.39, 0.29) is 17.2 Å². The van der Waals surface area contributed by atoms with Gasteiger partial charge in [-0.25, -0.2) is 13.2 Å². The molecule has 0 atom stereocenters. The highest BCUT2D eigenvalue weighted by Gasteiger charge is 2.30. The van der Waals surface area contributed by atoms with Crippen molar-refractivity contribution in [3.8, 4) is 5.75 Å². The minimum atomic E-state index is -4.09. The summed E-state index contributed by atoms with van der Waals surface area (Å²) in [5, 5.41) is 2.71. The van der Waals surface area contributed by atoms with Crippen LogP contribution in [-0.4, -0.2) is 44.9 Å². The van der Waals surface area contributed by atoms with Crippen LogP contribution >= 0.6 is 0 Å². The van der Waals surface area contributed by atoms with Crippen molar-refractivity contribution in [2.75, 3.05) is 25.6 Å². The van der Waals surface area contributed by atoms with Crippen LogP contribution in [0, 0.1) is 6.92 Å². The van der Waals surface area contributed by atoms with Crippen LogP contribution in [0.3, 0.4) is 0 Å². The molecule has 1 N–H and O–H groups in total. The van der Waals surface area contributed by atoms with E-state index in [9.17, 15) is 18.0 Å². The van der Waals surface area contributed by atoms with Crippen LogP contribution in [0.15, 0.2) is 77.7 Å². The van der Waals surface area contributed by atoms with Gasteiger partial charge in [0.05, 0.1) is 25.8 Å².